The average molecular weight is 409 g/mol. The first-order chi connectivity index (χ1) is 12.6. The third kappa shape index (κ3) is 4.32. The normalized spacial score (nSPS) is 10.7. The zero-order valence-corrected chi connectivity index (χ0v) is 16.0. The molecule has 3 rings (SSSR count). The topological polar surface area (TPSA) is 78.4 Å². The minimum absolute atomic E-state index is 0.0542. The second-order valence-electron chi connectivity index (χ2n) is 5.04. The van der Waals surface area contributed by atoms with Crippen molar-refractivity contribution in [2.75, 3.05) is 19.5 Å². The number of ether oxygens (including phenoxy) is 2. The van der Waals surface area contributed by atoms with Crippen molar-refractivity contribution in [3.05, 3.63) is 46.6 Å². The minimum atomic E-state index is -0.495. The Labute approximate surface area is 162 Å². The highest BCUT2D eigenvalue weighted by molar-refractivity contribution is 8.00. The van der Waals surface area contributed by atoms with E-state index in [1.807, 2.05) is 11.4 Å². The molecule has 2 heterocycles. The molecule has 9 heteroatoms. The van der Waals surface area contributed by atoms with Crippen LogP contribution in [0.25, 0.3) is 10.2 Å². The monoisotopic (exact) mass is 408 g/mol. The predicted octanol–water partition coefficient (Wildman–Crippen LogP) is 3.87. The number of benzene rings is 1. The Kier molecular flexibility index (Phi) is 6.08. The number of fused-ring (bicyclic) bond motifs is 1. The van der Waals surface area contributed by atoms with Crippen LogP contribution in [0.15, 0.2) is 41.0 Å². The molecule has 6 nitrogen and oxygen atoms in total. The number of esters is 1. The number of thiophene rings is 1. The van der Waals surface area contributed by atoms with Crippen LogP contribution in [0.4, 0.5) is 0 Å². The lowest BCUT2D eigenvalue weighted by Crippen LogP contribution is -2.15. The summed E-state index contributed by atoms with van der Waals surface area (Å²) in [7, 11) is 1.49. The van der Waals surface area contributed by atoms with Gasteiger partial charge >= 0.3 is 5.97 Å². The van der Waals surface area contributed by atoms with E-state index in [-0.39, 0.29) is 18.1 Å². The van der Waals surface area contributed by atoms with Gasteiger partial charge in [0.15, 0.2) is 12.4 Å². The number of nitrogens with zero attached hydrogens (tertiary/aromatic N) is 2. The molecular weight excluding hydrogens is 396 g/mol. The van der Waals surface area contributed by atoms with E-state index in [0.717, 1.165) is 10.2 Å². The molecule has 1 aromatic carbocycles. The quantitative estimate of drug-likeness (QED) is 0.254. The van der Waals surface area contributed by atoms with Crippen molar-refractivity contribution in [2.24, 2.45) is 0 Å². The van der Waals surface area contributed by atoms with Gasteiger partial charge in [0.2, 0.25) is 0 Å². The maximum atomic E-state index is 12.1. The van der Waals surface area contributed by atoms with Gasteiger partial charge in [-0.3, -0.25) is 9.59 Å². The molecule has 0 unspecified atom stereocenters. The number of hydrogen-bond donors (Lipinski definition) is 0. The first kappa shape index (κ1) is 18.6. The number of carbonyl (C=O) groups is 2. The van der Waals surface area contributed by atoms with E-state index in [1.54, 1.807) is 12.1 Å². The number of carbonyl (C=O) groups excluding carboxylic acids is 2. The summed E-state index contributed by atoms with van der Waals surface area (Å²) in [4.78, 5) is 33.2. The third-order valence-electron chi connectivity index (χ3n) is 3.39. The van der Waals surface area contributed by atoms with Crippen LogP contribution >= 0.6 is 34.7 Å². The molecule has 0 aliphatic rings. The summed E-state index contributed by atoms with van der Waals surface area (Å²) in [6, 6.07) is 6.56. The number of rotatable bonds is 7. The van der Waals surface area contributed by atoms with Crippen molar-refractivity contribution >= 4 is 56.7 Å². The Morgan fingerprint density at radius 1 is 1.27 bits per heavy atom. The fraction of sp³-hybridized carbons (Fsp3) is 0.176. The van der Waals surface area contributed by atoms with E-state index in [4.69, 9.17) is 21.1 Å². The molecular formula is C17H13ClN2O4S2. The smallest absolute Gasteiger partial charge is 0.316 e. The van der Waals surface area contributed by atoms with Crippen molar-refractivity contribution in [1.29, 1.82) is 0 Å². The van der Waals surface area contributed by atoms with Crippen LogP contribution in [0.3, 0.4) is 0 Å². The molecule has 0 aliphatic carbocycles. The van der Waals surface area contributed by atoms with Crippen molar-refractivity contribution in [1.82, 2.24) is 9.97 Å². The Balaban J connectivity index is 1.53. The van der Waals surface area contributed by atoms with E-state index in [2.05, 4.69) is 9.97 Å². The molecule has 134 valence electrons. The number of hydrogen-bond acceptors (Lipinski definition) is 8. The van der Waals surface area contributed by atoms with Gasteiger partial charge < -0.3 is 9.47 Å². The van der Waals surface area contributed by atoms with Gasteiger partial charge in [-0.1, -0.05) is 23.4 Å². The Morgan fingerprint density at radius 3 is 2.88 bits per heavy atom. The van der Waals surface area contributed by atoms with Crippen LogP contribution in [0, 0.1) is 0 Å². The summed E-state index contributed by atoms with van der Waals surface area (Å²) in [6.45, 7) is -0.348. The second-order valence-corrected chi connectivity index (χ2v) is 7.31. The Morgan fingerprint density at radius 2 is 2.12 bits per heavy atom. The Hall–Kier alpha value is -2.16. The molecule has 3 aromatic rings. The van der Waals surface area contributed by atoms with Gasteiger partial charge in [0.1, 0.15) is 21.9 Å². The maximum Gasteiger partial charge on any atom is 0.316 e. The number of ketones is 1. The lowest BCUT2D eigenvalue weighted by atomic mass is 10.1. The first-order valence-corrected chi connectivity index (χ1v) is 9.66. The van der Waals surface area contributed by atoms with Crippen LogP contribution in [0.5, 0.6) is 5.75 Å². The van der Waals surface area contributed by atoms with Gasteiger partial charge in [-0.15, -0.1) is 11.3 Å². The lowest BCUT2D eigenvalue weighted by Gasteiger charge is -2.07. The molecule has 0 amide bonds. The summed E-state index contributed by atoms with van der Waals surface area (Å²) in [5, 5.41) is 3.85. The lowest BCUT2D eigenvalue weighted by molar-refractivity contribution is -0.139. The largest absolute Gasteiger partial charge is 0.495 e. The molecule has 0 fully saturated rings. The van der Waals surface area contributed by atoms with Gasteiger partial charge in [0.25, 0.3) is 0 Å². The van der Waals surface area contributed by atoms with Crippen LogP contribution in [0.2, 0.25) is 5.02 Å². The molecule has 0 radical (unpaired) electrons. The highest BCUT2D eigenvalue weighted by Gasteiger charge is 2.14. The van der Waals surface area contributed by atoms with E-state index < -0.39 is 5.97 Å². The SMILES string of the molecule is COc1ccc(C(=O)COC(=O)CSc2ncnc3sccc23)cc1Cl. The fourth-order valence-electron chi connectivity index (χ4n) is 2.12. The maximum absolute atomic E-state index is 12.1. The zero-order chi connectivity index (χ0) is 18.5. The van der Waals surface area contributed by atoms with E-state index in [0.29, 0.717) is 21.4 Å². The molecule has 0 atom stereocenters. The van der Waals surface area contributed by atoms with E-state index in [9.17, 15) is 9.59 Å². The summed E-state index contributed by atoms with van der Waals surface area (Å²) in [5.41, 5.74) is 0.354. The Bertz CT molecular complexity index is 961. The van der Waals surface area contributed by atoms with Crippen LogP contribution in [0.1, 0.15) is 10.4 Å². The number of aromatic nitrogens is 2. The summed E-state index contributed by atoms with van der Waals surface area (Å²) < 4.78 is 10.1. The number of thioether (sulfide) groups is 1. The van der Waals surface area contributed by atoms with Crippen LogP contribution < -0.4 is 4.74 Å². The fourth-order valence-corrected chi connectivity index (χ4v) is 3.96. The van der Waals surface area contributed by atoms with Gasteiger partial charge in [0, 0.05) is 10.9 Å². The molecule has 26 heavy (non-hydrogen) atoms. The zero-order valence-electron chi connectivity index (χ0n) is 13.6. The summed E-state index contributed by atoms with van der Waals surface area (Å²) in [6.07, 6.45) is 1.46. The second kappa shape index (κ2) is 8.48. The molecule has 0 aliphatic heterocycles. The van der Waals surface area contributed by atoms with E-state index >= 15 is 0 Å². The number of methoxy groups -OCH3 is 1. The summed E-state index contributed by atoms with van der Waals surface area (Å²) in [5.74, 6) is -0.306. The van der Waals surface area contributed by atoms with Gasteiger partial charge in [-0.05, 0) is 29.6 Å². The molecule has 0 N–H and O–H groups in total. The molecule has 0 saturated heterocycles. The number of Topliss-reactive ketones (excluding diaryl/α,β-unsaturated/α-hetero) is 1. The first-order valence-electron chi connectivity index (χ1n) is 7.42. The molecule has 0 bridgehead atoms. The van der Waals surface area contributed by atoms with Crippen LogP contribution in [-0.4, -0.2) is 41.2 Å². The van der Waals surface area contributed by atoms with Gasteiger partial charge in [-0.2, -0.15) is 0 Å². The molecule has 0 spiro atoms. The molecule has 2 aromatic heterocycles. The third-order valence-corrected chi connectivity index (χ3v) is 5.48. The van der Waals surface area contributed by atoms with Gasteiger partial charge in [-0.25, -0.2) is 9.97 Å². The van der Waals surface area contributed by atoms with Crippen molar-refractivity contribution in [2.45, 2.75) is 5.03 Å². The minimum Gasteiger partial charge on any atom is -0.495 e. The average Bonchev–Trinajstić information content (AvgIpc) is 3.13. The predicted molar refractivity (Wildman–Crippen MR) is 101 cm³/mol. The standard InChI is InChI=1S/C17H13ClN2O4S2/c1-23-14-3-2-10(6-12(14)18)13(21)7-24-15(22)8-26-17-11-4-5-25-16(11)19-9-20-17/h2-6,9H,7-8H2,1H3. The van der Waals surface area contributed by atoms with Crippen molar-refractivity contribution in [3.8, 4) is 5.75 Å². The molecule has 0 saturated carbocycles. The highest BCUT2D eigenvalue weighted by atomic mass is 35.5. The summed E-state index contributed by atoms with van der Waals surface area (Å²) >= 11 is 8.75. The van der Waals surface area contributed by atoms with Gasteiger partial charge in [0.05, 0.1) is 17.9 Å². The highest BCUT2D eigenvalue weighted by Crippen LogP contribution is 2.28. The van der Waals surface area contributed by atoms with Crippen LogP contribution in [-0.2, 0) is 9.53 Å². The van der Waals surface area contributed by atoms with Crippen molar-refractivity contribution < 1.29 is 19.1 Å². The number of halogens is 1. The van der Waals surface area contributed by atoms with E-state index in [1.165, 1.54) is 42.6 Å². The van der Waals surface area contributed by atoms with Crippen molar-refractivity contribution in [3.63, 3.8) is 0 Å².